The van der Waals surface area contributed by atoms with Crippen molar-refractivity contribution in [3.05, 3.63) is 84.0 Å². The third-order valence-corrected chi connectivity index (χ3v) is 4.95. The van der Waals surface area contributed by atoms with Gasteiger partial charge in [-0.25, -0.2) is 9.37 Å². The molecule has 0 saturated carbocycles. The number of hydrogen-bond acceptors (Lipinski definition) is 3. The lowest BCUT2D eigenvalue weighted by Crippen LogP contribution is -2.39. The second-order valence-corrected chi connectivity index (χ2v) is 6.84. The molecule has 1 aromatic carbocycles. The SMILES string of the molecule is O=C(c1cccc(F)c1)N1CCCC(c2nccn2Cc2ccccn2)C1. The molecule has 1 aliphatic rings. The number of amides is 1. The topological polar surface area (TPSA) is 51.0 Å². The van der Waals surface area contributed by atoms with E-state index in [4.69, 9.17) is 0 Å². The molecule has 6 heteroatoms. The molecule has 138 valence electrons. The van der Waals surface area contributed by atoms with Crippen LogP contribution in [-0.2, 0) is 6.54 Å². The second-order valence-electron chi connectivity index (χ2n) is 6.84. The third kappa shape index (κ3) is 3.89. The number of hydrogen-bond donors (Lipinski definition) is 0. The van der Waals surface area contributed by atoms with Gasteiger partial charge in [-0.15, -0.1) is 0 Å². The molecule has 0 aliphatic carbocycles. The quantitative estimate of drug-likeness (QED) is 0.712. The zero-order chi connectivity index (χ0) is 18.6. The summed E-state index contributed by atoms with van der Waals surface area (Å²) in [5, 5.41) is 0. The molecule has 5 nitrogen and oxygen atoms in total. The van der Waals surface area contributed by atoms with Gasteiger partial charge in [-0.3, -0.25) is 9.78 Å². The van der Waals surface area contributed by atoms with Gasteiger partial charge in [0, 0.05) is 43.2 Å². The molecule has 4 rings (SSSR count). The number of pyridine rings is 1. The Morgan fingerprint density at radius 2 is 2.07 bits per heavy atom. The summed E-state index contributed by atoms with van der Waals surface area (Å²) in [5.74, 6) is 0.620. The van der Waals surface area contributed by atoms with Crippen molar-refractivity contribution in [1.82, 2.24) is 19.4 Å². The Hall–Kier alpha value is -3.02. The minimum Gasteiger partial charge on any atom is -0.338 e. The predicted octanol–water partition coefficient (Wildman–Crippen LogP) is 3.49. The van der Waals surface area contributed by atoms with Crippen LogP contribution in [0.25, 0.3) is 0 Å². The molecular formula is C21H21FN4O. The smallest absolute Gasteiger partial charge is 0.253 e. The Morgan fingerprint density at radius 3 is 2.89 bits per heavy atom. The highest BCUT2D eigenvalue weighted by Gasteiger charge is 2.28. The molecule has 1 aliphatic heterocycles. The van der Waals surface area contributed by atoms with E-state index in [9.17, 15) is 9.18 Å². The zero-order valence-electron chi connectivity index (χ0n) is 15.0. The molecule has 0 bridgehead atoms. The first kappa shape index (κ1) is 17.4. The summed E-state index contributed by atoms with van der Waals surface area (Å²) < 4.78 is 15.6. The highest BCUT2D eigenvalue weighted by Crippen LogP contribution is 2.27. The number of nitrogens with zero attached hydrogens (tertiary/aromatic N) is 4. The molecule has 0 spiro atoms. The number of piperidine rings is 1. The molecule has 27 heavy (non-hydrogen) atoms. The van der Waals surface area contributed by atoms with E-state index in [1.165, 1.54) is 12.1 Å². The van der Waals surface area contributed by atoms with Crippen LogP contribution < -0.4 is 0 Å². The van der Waals surface area contributed by atoms with Crippen LogP contribution in [0, 0.1) is 5.82 Å². The van der Waals surface area contributed by atoms with Crippen molar-refractivity contribution in [2.45, 2.75) is 25.3 Å². The first-order valence-corrected chi connectivity index (χ1v) is 9.16. The summed E-state index contributed by atoms with van der Waals surface area (Å²) >= 11 is 0. The van der Waals surface area contributed by atoms with Crippen molar-refractivity contribution in [2.24, 2.45) is 0 Å². The Labute approximate surface area is 157 Å². The van der Waals surface area contributed by atoms with Crippen molar-refractivity contribution in [3.63, 3.8) is 0 Å². The van der Waals surface area contributed by atoms with E-state index >= 15 is 0 Å². The lowest BCUT2D eigenvalue weighted by atomic mass is 9.96. The number of aromatic nitrogens is 3. The number of carbonyl (C=O) groups excluding carboxylic acids is 1. The van der Waals surface area contributed by atoms with E-state index in [2.05, 4.69) is 14.5 Å². The summed E-state index contributed by atoms with van der Waals surface area (Å²) in [4.78, 5) is 23.5. The van der Waals surface area contributed by atoms with Gasteiger partial charge >= 0.3 is 0 Å². The van der Waals surface area contributed by atoms with Gasteiger partial charge in [-0.2, -0.15) is 0 Å². The van der Waals surface area contributed by atoms with E-state index in [-0.39, 0.29) is 17.6 Å². The number of imidazole rings is 1. The van der Waals surface area contributed by atoms with Crippen LogP contribution >= 0.6 is 0 Å². The summed E-state index contributed by atoms with van der Waals surface area (Å²) in [5.41, 5.74) is 1.37. The predicted molar refractivity (Wildman–Crippen MR) is 99.8 cm³/mol. The lowest BCUT2D eigenvalue weighted by Gasteiger charge is -2.32. The molecular weight excluding hydrogens is 343 g/mol. The van der Waals surface area contributed by atoms with Gasteiger partial charge in [0.15, 0.2) is 0 Å². The Kier molecular flexibility index (Phi) is 4.96. The summed E-state index contributed by atoms with van der Waals surface area (Å²) in [6.45, 7) is 1.94. The molecule has 0 radical (unpaired) electrons. The van der Waals surface area contributed by atoms with Crippen molar-refractivity contribution < 1.29 is 9.18 Å². The van der Waals surface area contributed by atoms with Crippen molar-refractivity contribution >= 4 is 5.91 Å². The molecule has 1 unspecified atom stereocenters. The Morgan fingerprint density at radius 1 is 1.15 bits per heavy atom. The van der Waals surface area contributed by atoms with Gasteiger partial charge in [0.2, 0.25) is 0 Å². The van der Waals surface area contributed by atoms with Gasteiger partial charge in [0.1, 0.15) is 11.6 Å². The third-order valence-electron chi connectivity index (χ3n) is 4.95. The minimum atomic E-state index is -0.389. The van der Waals surface area contributed by atoms with Crippen molar-refractivity contribution in [1.29, 1.82) is 0 Å². The van der Waals surface area contributed by atoms with Crippen LogP contribution in [0.4, 0.5) is 4.39 Å². The molecule has 1 fully saturated rings. The average Bonchev–Trinajstić information content (AvgIpc) is 3.16. The van der Waals surface area contributed by atoms with Gasteiger partial charge in [-0.05, 0) is 43.2 Å². The summed E-state index contributed by atoms with van der Waals surface area (Å²) in [7, 11) is 0. The van der Waals surface area contributed by atoms with Crippen LogP contribution in [0.5, 0.6) is 0 Å². The number of carbonyl (C=O) groups is 1. The average molecular weight is 364 g/mol. The number of benzene rings is 1. The molecule has 2 aromatic heterocycles. The molecule has 3 aromatic rings. The molecule has 1 atom stereocenters. The van der Waals surface area contributed by atoms with Gasteiger partial charge in [0.05, 0.1) is 12.2 Å². The minimum absolute atomic E-state index is 0.123. The van der Waals surface area contributed by atoms with Crippen LogP contribution in [-0.4, -0.2) is 38.4 Å². The van der Waals surface area contributed by atoms with Gasteiger partial charge in [0.25, 0.3) is 5.91 Å². The highest BCUT2D eigenvalue weighted by atomic mass is 19.1. The number of halogens is 1. The van der Waals surface area contributed by atoms with Crippen LogP contribution in [0.3, 0.4) is 0 Å². The van der Waals surface area contributed by atoms with E-state index in [0.29, 0.717) is 25.2 Å². The van der Waals surface area contributed by atoms with Gasteiger partial charge < -0.3 is 9.47 Å². The second kappa shape index (κ2) is 7.70. The maximum atomic E-state index is 13.5. The molecule has 0 N–H and O–H groups in total. The first-order valence-electron chi connectivity index (χ1n) is 9.16. The monoisotopic (exact) mass is 364 g/mol. The van der Waals surface area contributed by atoms with Crippen molar-refractivity contribution in [3.8, 4) is 0 Å². The van der Waals surface area contributed by atoms with E-state index < -0.39 is 0 Å². The number of likely N-dealkylation sites (tertiary alicyclic amines) is 1. The normalized spacial score (nSPS) is 17.1. The summed E-state index contributed by atoms with van der Waals surface area (Å²) in [6, 6.07) is 11.7. The molecule has 1 saturated heterocycles. The maximum absolute atomic E-state index is 13.5. The lowest BCUT2D eigenvalue weighted by molar-refractivity contribution is 0.0703. The van der Waals surface area contributed by atoms with E-state index in [0.717, 1.165) is 24.4 Å². The van der Waals surface area contributed by atoms with Crippen LogP contribution in [0.1, 0.15) is 40.6 Å². The fourth-order valence-corrected chi connectivity index (χ4v) is 3.66. The standard InChI is InChI=1S/C21H21FN4O/c22-18-7-3-5-16(13-18)21(27)26-11-4-6-17(14-26)20-24-10-12-25(20)15-19-8-1-2-9-23-19/h1-3,5,7-10,12-13,17H,4,6,11,14-15H2. The molecule has 1 amide bonds. The highest BCUT2D eigenvalue weighted by molar-refractivity contribution is 5.94. The van der Waals surface area contributed by atoms with E-state index in [1.54, 1.807) is 24.5 Å². The number of rotatable bonds is 4. The Bertz CT molecular complexity index is 925. The summed E-state index contributed by atoms with van der Waals surface area (Å²) in [6.07, 6.45) is 7.42. The van der Waals surface area contributed by atoms with E-state index in [1.807, 2.05) is 29.3 Å². The Balaban J connectivity index is 1.51. The van der Waals surface area contributed by atoms with Crippen molar-refractivity contribution in [2.75, 3.05) is 13.1 Å². The first-order chi connectivity index (χ1) is 13.2. The fraction of sp³-hybridized carbons (Fsp3) is 0.286. The fourth-order valence-electron chi connectivity index (χ4n) is 3.66. The largest absolute Gasteiger partial charge is 0.338 e. The molecule has 3 heterocycles. The maximum Gasteiger partial charge on any atom is 0.253 e. The van der Waals surface area contributed by atoms with Crippen LogP contribution in [0.15, 0.2) is 61.1 Å². The zero-order valence-corrected chi connectivity index (χ0v) is 15.0. The van der Waals surface area contributed by atoms with Crippen LogP contribution in [0.2, 0.25) is 0 Å². The van der Waals surface area contributed by atoms with Gasteiger partial charge in [-0.1, -0.05) is 12.1 Å².